The van der Waals surface area contributed by atoms with Gasteiger partial charge in [0.05, 0.1) is 25.4 Å². The highest BCUT2D eigenvalue weighted by Crippen LogP contribution is 2.24. The maximum absolute atomic E-state index is 13.1. The van der Waals surface area contributed by atoms with Crippen molar-refractivity contribution in [2.75, 3.05) is 13.2 Å². The van der Waals surface area contributed by atoms with E-state index in [-0.39, 0.29) is 12.5 Å². The van der Waals surface area contributed by atoms with E-state index >= 15 is 0 Å². The lowest BCUT2D eigenvalue weighted by Crippen LogP contribution is -2.60. The SMILES string of the molecule is CCCCCCCCCCCCCCCCCCCCCCCCCCCCCCCCCCCCCC(=O)N[C@@H](CO[C@@H]1O[C@H](CO)[C@H](O)C(O)C1O)[C@H](O)CCCCCCCCCCCCCCCC. The summed E-state index contributed by atoms with van der Waals surface area (Å²) in [7, 11) is 0. The van der Waals surface area contributed by atoms with E-state index < -0.39 is 49.5 Å². The summed E-state index contributed by atoms with van der Waals surface area (Å²) in [5.41, 5.74) is 0. The number of carbonyl (C=O) groups is 1. The van der Waals surface area contributed by atoms with Gasteiger partial charge in [0.1, 0.15) is 24.4 Å². The molecule has 1 saturated heterocycles. The normalized spacial score (nSPS) is 19.0. The molecule has 9 heteroatoms. The van der Waals surface area contributed by atoms with Crippen molar-refractivity contribution in [1.82, 2.24) is 5.32 Å². The van der Waals surface area contributed by atoms with Gasteiger partial charge >= 0.3 is 0 Å². The van der Waals surface area contributed by atoms with Gasteiger partial charge in [-0.3, -0.25) is 4.79 Å². The first-order valence-corrected chi connectivity index (χ1v) is 32.2. The molecule has 430 valence electrons. The molecule has 1 aliphatic heterocycles. The smallest absolute Gasteiger partial charge is 0.220 e. The number of amides is 1. The molecule has 0 bridgehead atoms. The van der Waals surface area contributed by atoms with E-state index in [2.05, 4.69) is 19.2 Å². The number of hydrogen-bond donors (Lipinski definition) is 6. The molecule has 0 aromatic heterocycles. The van der Waals surface area contributed by atoms with E-state index in [1.165, 1.54) is 276 Å². The zero-order valence-electron chi connectivity index (χ0n) is 48.0. The zero-order valence-corrected chi connectivity index (χ0v) is 48.0. The van der Waals surface area contributed by atoms with Crippen LogP contribution in [0.3, 0.4) is 0 Å². The van der Waals surface area contributed by atoms with Crippen molar-refractivity contribution in [1.29, 1.82) is 0 Å². The third-order valence-corrected chi connectivity index (χ3v) is 16.0. The summed E-state index contributed by atoms with van der Waals surface area (Å²) in [6.07, 6.45) is 58.9. The Morgan fingerprint density at radius 3 is 0.986 bits per heavy atom. The number of hydrogen-bond acceptors (Lipinski definition) is 8. The van der Waals surface area contributed by atoms with Gasteiger partial charge in [-0.2, -0.15) is 0 Å². The van der Waals surface area contributed by atoms with Crippen LogP contribution in [-0.2, 0) is 14.3 Å². The Bertz CT molecular complexity index is 1100. The van der Waals surface area contributed by atoms with Crippen LogP contribution in [0.2, 0.25) is 0 Å². The Labute approximate surface area is 446 Å². The predicted octanol–water partition coefficient (Wildman–Crippen LogP) is 16.6. The van der Waals surface area contributed by atoms with Crippen molar-refractivity contribution in [3.63, 3.8) is 0 Å². The van der Waals surface area contributed by atoms with E-state index in [1.807, 2.05) is 0 Å². The fourth-order valence-corrected chi connectivity index (χ4v) is 10.9. The first-order valence-electron chi connectivity index (χ1n) is 32.2. The molecule has 1 heterocycles. The van der Waals surface area contributed by atoms with Gasteiger partial charge in [0.2, 0.25) is 5.91 Å². The lowest BCUT2D eigenvalue weighted by Gasteiger charge is -2.40. The van der Waals surface area contributed by atoms with Crippen LogP contribution < -0.4 is 5.32 Å². The summed E-state index contributed by atoms with van der Waals surface area (Å²) in [5, 5.41) is 54.7. The molecular weight excluding hydrogens is 899 g/mol. The topological polar surface area (TPSA) is 149 Å². The Kier molecular flexibility index (Phi) is 51.5. The van der Waals surface area contributed by atoms with Gasteiger partial charge in [-0.1, -0.05) is 322 Å². The molecule has 0 spiro atoms. The second kappa shape index (κ2) is 53.6. The lowest BCUT2D eigenvalue weighted by molar-refractivity contribution is -0.302. The molecule has 1 aliphatic rings. The third-order valence-electron chi connectivity index (χ3n) is 16.0. The minimum atomic E-state index is -1.55. The molecule has 0 radical (unpaired) electrons. The Morgan fingerprint density at radius 2 is 0.694 bits per heavy atom. The number of ether oxygens (including phenoxy) is 2. The van der Waals surface area contributed by atoms with Crippen molar-refractivity contribution in [2.24, 2.45) is 0 Å². The summed E-state index contributed by atoms with van der Waals surface area (Å²) in [5.74, 6) is -0.136. The Hall–Kier alpha value is -0.810. The second-order valence-corrected chi connectivity index (χ2v) is 22.9. The number of rotatable bonds is 57. The monoisotopic (exact) mass is 1020 g/mol. The average molecular weight is 1020 g/mol. The van der Waals surface area contributed by atoms with Crippen LogP contribution in [-0.4, -0.2) is 87.5 Å². The lowest BCUT2D eigenvalue weighted by atomic mass is 9.99. The highest BCUT2D eigenvalue weighted by Gasteiger charge is 2.44. The van der Waals surface area contributed by atoms with Gasteiger partial charge in [0, 0.05) is 6.42 Å². The molecular formula is C63H125NO8. The Balaban J connectivity index is 2.04. The van der Waals surface area contributed by atoms with Crippen molar-refractivity contribution < 1.29 is 39.8 Å². The van der Waals surface area contributed by atoms with Gasteiger partial charge in [-0.05, 0) is 12.8 Å². The average Bonchev–Trinajstić information content (AvgIpc) is 3.38. The van der Waals surface area contributed by atoms with Gasteiger partial charge < -0.3 is 40.3 Å². The maximum Gasteiger partial charge on any atom is 0.220 e. The third kappa shape index (κ3) is 42.3. The van der Waals surface area contributed by atoms with Gasteiger partial charge in [-0.25, -0.2) is 0 Å². The molecule has 2 unspecified atom stereocenters. The second-order valence-electron chi connectivity index (χ2n) is 22.9. The molecule has 6 N–H and O–H groups in total. The van der Waals surface area contributed by atoms with E-state index in [9.17, 15) is 30.3 Å². The number of aliphatic hydroxyl groups is 5. The van der Waals surface area contributed by atoms with Crippen molar-refractivity contribution >= 4 is 5.91 Å². The van der Waals surface area contributed by atoms with Gasteiger partial charge in [0.25, 0.3) is 0 Å². The van der Waals surface area contributed by atoms with Crippen molar-refractivity contribution in [3.05, 3.63) is 0 Å². The molecule has 72 heavy (non-hydrogen) atoms. The van der Waals surface area contributed by atoms with Crippen LogP contribution >= 0.6 is 0 Å². The molecule has 0 aromatic carbocycles. The first kappa shape index (κ1) is 69.2. The summed E-state index contributed by atoms with van der Waals surface area (Å²) in [6.45, 7) is 3.88. The molecule has 1 amide bonds. The van der Waals surface area contributed by atoms with Crippen LogP contribution in [0.1, 0.15) is 341 Å². The maximum atomic E-state index is 13.1. The molecule has 9 nitrogen and oxygen atoms in total. The number of aliphatic hydroxyl groups excluding tert-OH is 5. The van der Waals surface area contributed by atoms with Gasteiger partial charge in [0.15, 0.2) is 6.29 Å². The highest BCUT2D eigenvalue weighted by molar-refractivity contribution is 5.76. The van der Waals surface area contributed by atoms with Crippen LogP contribution in [0, 0.1) is 0 Å². The fourth-order valence-electron chi connectivity index (χ4n) is 10.9. The standard InChI is InChI=1S/C63H125NO8/c1-3-5-7-9-11-13-15-17-19-20-21-22-23-24-25-26-27-28-29-30-31-32-33-34-35-36-37-38-39-41-43-45-47-49-51-53-59(67)64-56(55-71-63-62(70)61(69)60(68)58(54-65)72-63)57(66)52-50-48-46-44-42-40-18-16-14-12-10-8-6-4-2/h56-58,60-63,65-66,68-70H,3-55H2,1-2H3,(H,64,67)/t56-,57+,58+,60-,61?,62?,63+/m0/s1. The minimum absolute atomic E-state index is 0.131. The zero-order chi connectivity index (χ0) is 52.2. The molecule has 1 rings (SSSR count). The number of carbonyl (C=O) groups excluding carboxylic acids is 1. The van der Waals surface area contributed by atoms with E-state index in [0.29, 0.717) is 12.8 Å². The van der Waals surface area contributed by atoms with E-state index in [0.717, 1.165) is 38.5 Å². The van der Waals surface area contributed by atoms with Crippen molar-refractivity contribution in [2.45, 2.75) is 384 Å². The number of unbranched alkanes of at least 4 members (excludes halogenated alkanes) is 47. The highest BCUT2D eigenvalue weighted by atomic mass is 16.7. The molecule has 1 fully saturated rings. The molecule has 7 atom stereocenters. The molecule has 0 aromatic rings. The van der Waals surface area contributed by atoms with Gasteiger partial charge in [-0.15, -0.1) is 0 Å². The predicted molar refractivity (Wildman–Crippen MR) is 304 cm³/mol. The van der Waals surface area contributed by atoms with Crippen LogP contribution in [0.25, 0.3) is 0 Å². The largest absolute Gasteiger partial charge is 0.394 e. The van der Waals surface area contributed by atoms with Crippen LogP contribution in [0.15, 0.2) is 0 Å². The first-order chi connectivity index (χ1) is 35.3. The summed E-state index contributed by atoms with van der Waals surface area (Å²) >= 11 is 0. The quantitative estimate of drug-likeness (QED) is 0.0330. The number of nitrogens with one attached hydrogen (secondary N) is 1. The Morgan fingerprint density at radius 1 is 0.417 bits per heavy atom. The summed E-state index contributed by atoms with van der Waals surface area (Å²) in [6, 6.07) is -0.713. The molecule has 0 saturated carbocycles. The van der Waals surface area contributed by atoms with Crippen LogP contribution in [0.4, 0.5) is 0 Å². The van der Waals surface area contributed by atoms with Crippen molar-refractivity contribution in [3.8, 4) is 0 Å². The minimum Gasteiger partial charge on any atom is -0.394 e. The summed E-state index contributed by atoms with van der Waals surface area (Å²) < 4.78 is 11.3. The van der Waals surface area contributed by atoms with E-state index in [1.54, 1.807) is 0 Å². The van der Waals surface area contributed by atoms with E-state index in [4.69, 9.17) is 9.47 Å². The summed E-state index contributed by atoms with van der Waals surface area (Å²) in [4.78, 5) is 13.1. The van der Waals surface area contributed by atoms with Crippen LogP contribution in [0.5, 0.6) is 0 Å². The fraction of sp³-hybridized carbons (Fsp3) is 0.984. The molecule has 0 aliphatic carbocycles.